The van der Waals surface area contributed by atoms with Crippen molar-refractivity contribution >= 4 is 21.8 Å². The molecule has 1 amide bonds. The summed E-state index contributed by atoms with van der Waals surface area (Å²) in [5.41, 5.74) is 0.0229. The number of amides is 1. The van der Waals surface area contributed by atoms with Gasteiger partial charge in [0.1, 0.15) is 5.69 Å². The van der Waals surface area contributed by atoms with Crippen LogP contribution in [0.2, 0.25) is 0 Å². The lowest BCUT2D eigenvalue weighted by Gasteiger charge is -2.32. The van der Waals surface area contributed by atoms with Gasteiger partial charge < -0.3 is 9.47 Å². The molecule has 0 aliphatic carbocycles. The number of nitro groups is 1. The molecule has 2 heterocycles. The average Bonchev–Trinajstić information content (AvgIpc) is 2.79. The Morgan fingerprint density at radius 3 is 2.33 bits per heavy atom. The van der Waals surface area contributed by atoms with Gasteiger partial charge in [0, 0.05) is 39.3 Å². The van der Waals surface area contributed by atoms with Crippen LogP contribution in [0.1, 0.15) is 10.5 Å². The highest BCUT2D eigenvalue weighted by molar-refractivity contribution is 7.86. The number of nitrogens with two attached hydrogens (primary N) is 1. The van der Waals surface area contributed by atoms with Crippen molar-refractivity contribution in [2.24, 2.45) is 12.2 Å². The first-order valence-electron chi connectivity index (χ1n) is 6.08. The first-order chi connectivity index (χ1) is 9.70. The topological polar surface area (TPSA) is 132 Å². The van der Waals surface area contributed by atoms with Crippen molar-refractivity contribution in [2.45, 2.75) is 0 Å². The van der Waals surface area contributed by atoms with Gasteiger partial charge in [0.05, 0.1) is 11.1 Å². The molecule has 21 heavy (non-hydrogen) atoms. The van der Waals surface area contributed by atoms with E-state index in [0.717, 1.165) is 4.31 Å². The number of aryl methyl sites for hydroxylation is 1. The van der Waals surface area contributed by atoms with Crippen molar-refractivity contribution in [2.75, 3.05) is 26.2 Å². The molecule has 2 rings (SSSR count). The number of hydrogen-bond acceptors (Lipinski definition) is 5. The maximum absolute atomic E-state index is 12.3. The molecule has 0 unspecified atom stereocenters. The summed E-state index contributed by atoms with van der Waals surface area (Å²) in [5, 5.41) is 15.7. The highest BCUT2D eigenvalue weighted by Crippen LogP contribution is 2.17. The third kappa shape index (κ3) is 3.20. The van der Waals surface area contributed by atoms with E-state index < -0.39 is 15.1 Å². The first kappa shape index (κ1) is 15.4. The summed E-state index contributed by atoms with van der Waals surface area (Å²) in [7, 11) is -2.21. The predicted molar refractivity (Wildman–Crippen MR) is 72.7 cm³/mol. The molecule has 1 aromatic rings. The van der Waals surface area contributed by atoms with Gasteiger partial charge >= 0.3 is 0 Å². The Kier molecular flexibility index (Phi) is 3.98. The Balaban J connectivity index is 2.11. The van der Waals surface area contributed by atoms with E-state index in [1.165, 1.54) is 21.7 Å². The maximum Gasteiger partial charge on any atom is 0.287 e. The van der Waals surface area contributed by atoms with Gasteiger partial charge in [-0.25, -0.2) is 5.14 Å². The van der Waals surface area contributed by atoms with Crippen molar-refractivity contribution in [3.05, 3.63) is 28.1 Å². The van der Waals surface area contributed by atoms with Gasteiger partial charge in [-0.2, -0.15) is 12.7 Å². The number of carbonyl (C=O) groups is 1. The van der Waals surface area contributed by atoms with Gasteiger partial charge in [-0.3, -0.25) is 14.9 Å². The SMILES string of the molecule is Cn1cc([N+](=O)[O-])cc1C(=O)N1CCN(S(N)(=O)=O)CC1. The smallest absolute Gasteiger partial charge is 0.287 e. The number of carbonyl (C=O) groups excluding carboxylic acids is 1. The zero-order valence-corrected chi connectivity index (χ0v) is 12.1. The lowest BCUT2D eigenvalue weighted by molar-refractivity contribution is -0.384. The second kappa shape index (κ2) is 5.42. The fourth-order valence-electron chi connectivity index (χ4n) is 2.17. The quantitative estimate of drug-likeness (QED) is 0.558. The van der Waals surface area contributed by atoms with Crippen LogP contribution >= 0.6 is 0 Å². The highest BCUT2D eigenvalue weighted by Gasteiger charge is 2.29. The second-order valence-electron chi connectivity index (χ2n) is 4.69. The number of rotatable bonds is 3. The van der Waals surface area contributed by atoms with Crippen LogP contribution in [-0.2, 0) is 17.3 Å². The molecule has 0 spiro atoms. The van der Waals surface area contributed by atoms with Gasteiger partial charge in [-0.05, 0) is 0 Å². The average molecular weight is 317 g/mol. The van der Waals surface area contributed by atoms with E-state index in [-0.39, 0.29) is 43.5 Å². The summed E-state index contributed by atoms with van der Waals surface area (Å²) < 4.78 is 24.8. The van der Waals surface area contributed by atoms with Crippen molar-refractivity contribution in [1.29, 1.82) is 0 Å². The van der Waals surface area contributed by atoms with Gasteiger partial charge in [-0.1, -0.05) is 0 Å². The predicted octanol–water partition coefficient (Wildman–Crippen LogP) is -1.11. The largest absolute Gasteiger partial charge is 0.340 e. The fraction of sp³-hybridized carbons (Fsp3) is 0.500. The van der Waals surface area contributed by atoms with Crippen LogP contribution in [0.25, 0.3) is 0 Å². The number of piperazine rings is 1. The number of hydrogen-bond donors (Lipinski definition) is 1. The number of nitrogens with zero attached hydrogens (tertiary/aromatic N) is 4. The molecule has 1 aliphatic heterocycles. The maximum atomic E-state index is 12.3. The molecule has 1 fully saturated rings. The molecule has 2 N–H and O–H groups in total. The van der Waals surface area contributed by atoms with Gasteiger partial charge in [0.15, 0.2) is 0 Å². The van der Waals surface area contributed by atoms with E-state index in [4.69, 9.17) is 5.14 Å². The lowest BCUT2D eigenvalue weighted by atomic mass is 10.3. The molecule has 0 bridgehead atoms. The molecular formula is C10H15N5O5S. The molecule has 0 radical (unpaired) electrons. The molecule has 10 nitrogen and oxygen atoms in total. The van der Waals surface area contributed by atoms with Crippen molar-refractivity contribution in [1.82, 2.24) is 13.8 Å². The fourth-order valence-corrected chi connectivity index (χ4v) is 2.84. The molecule has 1 aliphatic rings. The van der Waals surface area contributed by atoms with E-state index in [9.17, 15) is 23.3 Å². The molecule has 0 atom stereocenters. The highest BCUT2D eigenvalue weighted by atomic mass is 32.2. The summed E-state index contributed by atoms with van der Waals surface area (Å²) in [6.07, 6.45) is 1.26. The van der Waals surface area contributed by atoms with Gasteiger partial charge in [-0.15, -0.1) is 0 Å². The first-order valence-corrected chi connectivity index (χ1v) is 7.58. The van der Waals surface area contributed by atoms with Crippen LogP contribution in [0.15, 0.2) is 12.3 Å². The van der Waals surface area contributed by atoms with Crippen LogP contribution in [0.3, 0.4) is 0 Å². The Morgan fingerprint density at radius 1 is 1.33 bits per heavy atom. The van der Waals surface area contributed by atoms with Crippen molar-refractivity contribution < 1.29 is 18.1 Å². The summed E-state index contributed by atoms with van der Waals surface area (Å²) in [6.45, 7) is 0.594. The summed E-state index contributed by atoms with van der Waals surface area (Å²) >= 11 is 0. The molecule has 1 aromatic heterocycles. The lowest BCUT2D eigenvalue weighted by Crippen LogP contribution is -2.52. The van der Waals surface area contributed by atoms with E-state index >= 15 is 0 Å². The third-order valence-corrected chi connectivity index (χ3v) is 4.39. The molecular weight excluding hydrogens is 302 g/mol. The third-order valence-electron chi connectivity index (χ3n) is 3.31. The number of aromatic nitrogens is 1. The molecule has 116 valence electrons. The van der Waals surface area contributed by atoms with Crippen LogP contribution < -0.4 is 5.14 Å². The Morgan fingerprint density at radius 2 is 1.90 bits per heavy atom. The molecule has 0 saturated carbocycles. The zero-order chi connectivity index (χ0) is 15.8. The Hall–Kier alpha value is -1.98. The summed E-state index contributed by atoms with van der Waals surface area (Å²) in [6, 6.07) is 1.20. The van der Waals surface area contributed by atoms with Gasteiger partial charge in [0.25, 0.3) is 21.8 Å². The van der Waals surface area contributed by atoms with Gasteiger partial charge in [0.2, 0.25) is 0 Å². The van der Waals surface area contributed by atoms with Crippen LogP contribution in [0.4, 0.5) is 5.69 Å². The van der Waals surface area contributed by atoms with E-state index in [1.807, 2.05) is 0 Å². The summed E-state index contributed by atoms with van der Waals surface area (Å²) in [5.74, 6) is -0.375. The monoisotopic (exact) mass is 317 g/mol. The molecule has 0 aromatic carbocycles. The zero-order valence-electron chi connectivity index (χ0n) is 11.3. The van der Waals surface area contributed by atoms with Crippen LogP contribution in [0.5, 0.6) is 0 Å². The Bertz CT molecular complexity index is 674. The van der Waals surface area contributed by atoms with Crippen LogP contribution in [-0.4, -0.2) is 59.2 Å². The van der Waals surface area contributed by atoms with Crippen LogP contribution in [0, 0.1) is 10.1 Å². The minimum absolute atomic E-state index is 0.108. The minimum atomic E-state index is -3.75. The molecule has 11 heteroatoms. The summed E-state index contributed by atoms with van der Waals surface area (Å²) in [4.78, 5) is 23.9. The second-order valence-corrected chi connectivity index (χ2v) is 6.23. The van der Waals surface area contributed by atoms with E-state index in [1.54, 1.807) is 7.05 Å². The van der Waals surface area contributed by atoms with E-state index in [2.05, 4.69) is 0 Å². The normalized spacial score (nSPS) is 17.0. The van der Waals surface area contributed by atoms with Crippen molar-refractivity contribution in [3.8, 4) is 0 Å². The minimum Gasteiger partial charge on any atom is -0.340 e. The van der Waals surface area contributed by atoms with E-state index in [0.29, 0.717) is 0 Å². The molecule has 1 saturated heterocycles. The standard InChI is InChI=1S/C10H15N5O5S/c1-12-7-8(15(17)18)6-9(12)10(16)13-2-4-14(5-3-13)21(11,19)20/h6-7H,2-5H2,1H3,(H2,11,19,20). The Labute approximate surface area is 121 Å². The van der Waals surface area contributed by atoms with Crippen molar-refractivity contribution in [3.63, 3.8) is 0 Å².